The molecule has 3 rings (SSSR count). The summed E-state index contributed by atoms with van der Waals surface area (Å²) in [5, 5.41) is 0. The lowest BCUT2D eigenvalue weighted by molar-refractivity contribution is 0.0440. The maximum absolute atomic E-state index is 6.09. The van der Waals surface area contributed by atoms with Crippen LogP contribution in [0.25, 0.3) is 0 Å². The number of hydrogen-bond donors (Lipinski definition) is 1. The Bertz CT molecular complexity index is 518. The molecule has 108 valence electrons. The highest BCUT2D eigenvalue weighted by molar-refractivity contribution is 5.98. The molecule has 2 heterocycles. The summed E-state index contributed by atoms with van der Waals surface area (Å²) < 4.78 is 11.5. The minimum Gasteiger partial charge on any atom is -0.495 e. The van der Waals surface area contributed by atoms with Gasteiger partial charge in [0.05, 0.1) is 37.6 Å². The van der Waals surface area contributed by atoms with E-state index < -0.39 is 0 Å². The Hall–Kier alpha value is -1.75. The van der Waals surface area contributed by atoms with E-state index in [0.29, 0.717) is 18.6 Å². The van der Waals surface area contributed by atoms with Gasteiger partial charge in [-0.05, 0) is 31.9 Å². The summed E-state index contributed by atoms with van der Waals surface area (Å²) in [6.45, 7) is 2.80. The van der Waals surface area contributed by atoms with Gasteiger partial charge in [-0.15, -0.1) is 0 Å². The van der Waals surface area contributed by atoms with E-state index in [4.69, 9.17) is 15.2 Å². The quantitative estimate of drug-likeness (QED) is 0.913. The number of anilines is 1. The summed E-state index contributed by atoms with van der Waals surface area (Å²) in [5.74, 6) is 1.35. The molecule has 1 aromatic carbocycles. The van der Waals surface area contributed by atoms with Crippen LogP contribution in [0.5, 0.6) is 5.75 Å². The molecule has 0 aromatic heterocycles. The minimum absolute atomic E-state index is 0.163. The highest BCUT2D eigenvalue weighted by Gasteiger charge is 2.38. The fourth-order valence-electron chi connectivity index (χ4n) is 3.05. The standard InChI is InChI=1S/C15H21N3O2/c1-10-7-8-14(20-10)12-9-17-15(16)18(12)11-5-3-4-6-13(11)19-2/h3-6,10,12,14H,7-9H2,1-2H3,(H2,16,17). The number of benzene rings is 1. The third-order valence-electron chi connectivity index (χ3n) is 4.06. The van der Waals surface area contributed by atoms with Crippen molar-refractivity contribution in [2.24, 2.45) is 10.7 Å². The summed E-state index contributed by atoms with van der Waals surface area (Å²) in [4.78, 5) is 6.46. The molecule has 1 fully saturated rings. The molecule has 0 radical (unpaired) electrons. The maximum atomic E-state index is 6.09. The normalized spacial score (nSPS) is 29.6. The van der Waals surface area contributed by atoms with Gasteiger partial charge in [-0.25, -0.2) is 0 Å². The molecule has 0 aliphatic carbocycles. The molecule has 3 atom stereocenters. The first-order valence-corrected chi connectivity index (χ1v) is 7.08. The largest absolute Gasteiger partial charge is 0.495 e. The monoisotopic (exact) mass is 275 g/mol. The van der Waals surface area contributed by atoms with Crippen LogP contribution in [-0.2, 0) is 4.74 Å². The lowest BCUT2D eigenvalue weighted by Gasteiger charge is -2.31. The molecular formula is C15H21N3O2. The SMILES string of the molecule is COc1ccccc1N1C(N)=NCC1C1CCC(C)O1. The average Bonchev–Trinajstić information content (AvgIpc) is 3.04. The van der Waals surface area contributed by atoms with Gasteiger partial charge in [0.25, 0.3) is 0 Å². The van der Waals surface area contributed by atoms with Gasteiger partial charge in [0.15, 0.2) is 5.96 Å². The number of nitrogens with zero attached hydrogens (tertiary/aromatic N) is 2. The Morgan fingerprint density at radius 1 is 1.35 bits per heavy atom. The van der Waals surface area contributed by atoms with Crippen molar-refractivity contribution in [1.29, 1.82) is 0 Å². The molecule has 0 spiro atoms. The molecule has 5 heteroatoms. The number of aliphatic imine (C=N–C) groups is 1. The van der Waals surface area contributed by atoms with Gasteiger partial charge < -0.3 is 20.1 Å². The molecule has 2 N–H and O–H groups in total. The van der Waals surface area contributed by atoms with Gasteiger partial charge in [0, 0.05) is 0 Å². The van der Waals surface area contributed by atoms with Crippen molar-refractivity contribution in [3.8, 4) is 5.75 Å². The van der Waals surface area contributed by atoms with Crippen LogP contribution in [0.1, 0.15) is 19.8 Å². The van der Waals surface area contributed by atoms with Crippen LogP contribution in [0.4, 0.5) is 5.69 Å². The lowest BCUT2D eigenvalue weighted by atomic mass is 10.1. The highest BCUT2D eigenvalue weighted by Crippen LogP contribution is 2.35. The number of hydrogen-bond acceptors (Lipinski definition) is 5. The fraction of sp³-hybridized carbons (Fsp3) is 0.533. The second-order valence-electron chi connectivity index (χ2n) is 5.37. The molecule has 1 aromatic rings. The van der Waals surface area contributed by atoms with Crippen LogP contribution in [0.15, 0.2) is 29.3 Å². The van der Waals surface area contributed by atoms with Crippen molar-refractivity contribution in [2.45, 2.75) is 38.0 Å². The first-order valence-electron chi connectivity index (χ1n) is 7.08. The first kappa shape index (κ1) is 13.2. The Morgan fingerprint density at radius 3 is 2.85 bits per heavy atom. The van der Waals surface area contributed by atoms with E-state index in [1.54, 1.807) is 7.11 Å². The smallest absolute Gasteiger partial charge is 0.196 e. The van der Waals surface area contributed by atoms with Gasteiger partial charge in [-0.1, -0.05) is 12.1 Å². The lowest BCUT2D eigenvalue weighted by Crippen LogP contribution is -2.47. The predicted molar refractivity (Wildman–Crippen MR) is 79.3 cm³/mol. The zero-order valence-electron chi connectivity index (χ0n) is 12.0. The summed E-state index contributed by atoms with van der Waals surface area (Å²) in [7, 11) is 1.67. The number of rotatable bonds is 3. The van der Waals surface area contributed by atoms with E-state index >= 15 is 0 Å². The van der Waals surface area contributed by atoms with Crippen molar-refractivity contribution in [3.63, 3.8) is 0 Å². The first-order chi connectivity index (χ1) is 9.70. The van der Waals surface area contributed by atoms with Gasteiger partial charge >= 0.3 is 0 Å². The van der Waals surface area contributed by atoms with Gasteiger partial charge in [0.1, 0.15) is 5.75 Å². The fourth-order valence-corrected chi connectivity index (χ4v) is 3.05. The molecule has 2 aliphatic heterocycles. The Balaban J connectivity index is 1.90. The molecule has 2 aliphatic rings. The number of guanidine groups is 1. The molecule has 0 saturated carbocycles. The van der Waals surface area contributed by atoms with Gasteiger partial charge in [-0.2, -0.15) is 0 Å². The van der Waals surface area contributed by atoms with Crippen LogP contribution in [0.2, 0.25) is 0 Å². The Kier molecular flexibility index (Phi) is 3.53. The minimum atomic E-state index is 0.163. The van der Waals surface area contributed by atoms with Crippen molar-refractivity contribution >= 4 is 11.6 Å². The van der Waals surface area contributed by atoms with E-state index in [1.807, 2.05) is 24.3 Å². The topological polar surface area (TPSA) is 60.1 Å². The third-order valence-corrected chi connectivity index (χ3v) is 4.06. The van der Waals surface area contributed by atoms with Crippen LogP contribution in [-0.4, -0.2) is 37.9 Å². The van der Waals surface area contributed by atoms with Gasteiger partial charge in [0.2, 0.25) is 0 Å². The van der Waals surface area contributed by atoms with Crippen LogP contribution >= 0.6 is 0 Å². The zero-order chi connectivity index (χ0) is 14.1. The zero-order valence-corrected chi connectivity index (χ0v) is 12.0. The molecule has 5 nitrogen and oxygen atoms in total. The van der Waals surface area contributed by atoms with E-state index in [1.165, 1.54) is 0 Å². The maximum Gasteiger partial charge on any atom is 0.196 e. The van der Waals surface area contributed by atoms with Crippen molar-refractivity contribution in [1.82, 2.24) is 0 Å². The Morgan fingerprint density at radius 2 is 2.15 bits per heavy atom. The third kappa shape index (κ3) is 2.22. The summed E-state index contributed by atoms with van der Waals surface area (Å²) >= 11 is 0. The second-order valence-corrected chi connectivity index (χ2v) is 5.37. The average molecular weight is 275 g/mol. The van der Waals surface area contributed by atoms with E-state index in [-0.39, 0.29) is 12.1 Å². The van der Waals surface area contributed by atoms with Crippen molar-refractivity contribution in [2.75, 3.05) is 18.6 Å². The molecular weight excluding hydrogens is 254 g/mol. The van der Waals surface area contributed by atoms with E-state index in [9.17, 15) is 0 Å². The molecule has 20 heavy (non-hydrogen) atoms. The molecule has 1 saturated heterocycles. The van der Waals surface area contributed by atoms with Crippen molar-refractivity contribution < 1.29 is 9.47 Å². The summed E-state index contributed by atoms with van der Waals surface area (Å²) in [5.41, 5.74) is 7.05. The summed E-state index contributed by atoms with van der Waals surface area (Å²) in [6.07, 6.45) is 2.65. The number of ether oxygens (including phenoxy) is 2. The number of para-hydroxylation sites is 2. The molecule has 3 unspecified atom stereocenters. The van der Waals surface area contributed by atoms with Crippen LogP contribution in [0, 0.1) is 0 Å². The van der Waals surface area contributed by atoms with Crippen LogP contribution < -0.4 is 15.4 Å². The van der Waals surface area contributed by atoms with E-state index in [2.05, 4.69) is 16.8 Å². The van der Waals surface area contributed by atoms with Crippen molar-refractivity contribution in [3.05, 3.63) is 24.3 Å². The molecule has 0 bridgehead atoms. The summed E-state index contributed by atoms with van der Waals surface area (Å²) in [6, 6.07) is 8.05. The number of nitrogens with two attached hydrogens (primary N) is 1. The second kappa shape index (κ2) is 5.32. The van der Waals surface area contributed by atoms with Crippen LogP contribution in [0.3, 0.4) is 0 Å². The predicted octanol–water partition coefficient (Wildman–Crippen LogP) is 1.77. The molecule has 0 amide bonds. The van der Waals surface area contributed by atoms with E-state index in [0.717, 1.165) is 24.3 Å². The Labute approximate surface area is 119 Å². The van der Waals surface area contributed by atoms with Gasteiger partial charge in [-0.3, -0.25) is 4.99 Å². The highest BCUT2D eigenvalue weighted by atomic mass is 16.5. The number of methoxy groups -OCH3 is 1.